The summed E-state index contributed by atoms with van der Waals surface area (Å²) in [6, 6.07) is 2.84. The number of aliphatic hydroxyl groups excluding tert-OH is 1. The zero-order valence-electron chi connectivity index (χ0n) is 18.6. The topological polar surface area (TPSA) is 107 Å². The molecular weight excluding hydrogens is 415 g/mol. The molecule has 8 heteroatoms. The normalized spacial score (nSPS) is 26.0. The average molecular weight is 447 g/mol. The Balaban J connectivity index is 0.00000320. The van der Waals surface area contributed by atoms with Crippen molar-refractivity contribution < 1.29 is 56.9 Å². The summed E-state index contributed by atoms with van der Waals surface area (Å²) in [4.78, 5) is 0. The van der Waals surface area contributed by atoms with E-state index in [1.165, 1.54) is 23.6 Å². The number of aromatic hydroxyl groups is 1. The Morgan fingerprint density at radius 3 is 2.50 bits per heavy atom. The number of hydrogen-bond donors (Lipinski definition) is 2. The van der Waals surface area contributed by atoms with Crippen molar-refractivity contribution in [3.63, 3.8) is 0 Å². The number of hydrogen-bond acceptors (Lipinski definition) is 6. The van der Waals surface area contributed by atoms with Gasteiger partial charge in [-0.1, -0.05) is 38.3 Å². The van der Waals surface area contributed by atoms with Crippen LogP contribution >= 0.6 is 0 Å². The SMILES string of the molecule is CC1=C(Cc2cc(CO)cc(O)c2OS(=O)(=O)[O-])[C@@]2(C)CCCC(C)(C)C2CC1.[Na+]. The van der Waals surface area contributed by atoms with Gasteiger partial charge in [-0.05, 0) is 73.5 Å². The van der Waals surface area contributed by atoms with Crippen molar-refractivity contribution in [1.82, 2.24) is 0 Å². The van der Waals surface area contributed by atoms with Gasteiger partial charge in [-0.3, -0.25) is 0 Å². The van der Waals surface area contributed by atoms with Gasteiger partial charge in [0, 0.05) is 5.56 Å². The average Bonchev–Trinajstić information content (AvgIpc) is 2.58. The van der Waals surface area contributed by atoms with Crippen LogP contribution in [-0.2, 0) is 23.4 Å². The smallest absolute Gasteiger partial charge is 0.716 e. The number of phenolic OH excluding ortho intramolecular Hbond substituents is 1. The van der Waals surface area contributed by atoms with Gasteiger partial charge in [0.05, 0.1) is 6.61 Å². The Bertz CT molecular complexity index is 937. The minimum absolute atomic E-state index is 0. The van der Waals surface area contributed by atoms with Gasteiger partial charge in [0.2, 0.25) is 0 Å². The molecular formula is C22H31NaO6S. The number of phenols is 1. The van der Waals surface area contributed by atoms with Crippen LogP contribution in [0.2, 0.25) is 0 Å². The molecule has 1 unspecified atom stereocenters. The molecule has 3 rings (SSSR count). The van der Waals surface area contributed by atoms with E-state index in [9.17, 15) is 23.2 Å². The molecule has 0 amide bonds. The van der Waals surface area contributed by atoms with Crippen molar-refractivity contribution in [3.8, 4) is 11.5 Å². The monoisotopic (exact) mass is 446 g/mol. The molecule has 2 atom stereocenters. The third-order valence-electron chi connectivity index (χ3n) is 7.18. The molecule has 1 fully saturated rings. The van der Waals surface area contributed by atoms with Gasteiger partial charge >= 0.3 is 29.6 Å². The van der Waals surface area contributed by atoms with Crippen LogP contribution in [0.4, 0.5) is 0 Å². The van der Waals surface area contributed by atoms with Crippen molar-refractivity contribution in [2.24, 2.45) is 16.7 Å². The Labute approximate surface area is 202 Å². The fraction of sp³-hybridized carbons (Fsp3) is 0.636. The van der Waals surface area contributed by atoms with Crippen LogP contribution in [0.5, 0.6) is 11.5 Å². The molecule has 0 aliphatic heterocycles. The van der Waals surface area contributed by atoms with E-state index in [1.807, 2.05) is 0 Å². The molecule has 0 aromatic heterocycles. The first-order valence-corrected chi connectivity index (χ1v) is 11.5. The predicted molar refractivity (Wildman–Crippen MR) is 109 cm³/mol. The van der Waals surface area contributed by atoms with E-state index in [2.05, 4.69) is 31.9 Å². The zero-order valence-corrected chi connectivity index (χ0v) is 21.4. The third kappa shape index (κ3) is 5.08. The first-order chi connectivity index (χ1) is 13.4. The van der Waals surface area contributed by atoms with Crippen LogP contribution in [0.3, 0.4) is 0 Å². The van der Waals surface area contributed by atoms with Gasteiger partial charge < -0.3 is 18.9 Å². The molecule has 2 aliphatic rings. The Kier molecular flexibility index (Phi) is 7.81. The van der Waals surface area contributed by atoms with Crippen LogP contribution in [-0.4, -0.2) is 23.2 Å². The maximum absolute atomic E-state index is 11.2. The Hall–Kier alpha value is -0.570. The van der Waals surface area contributed by atoms with E-state index in [0.717, 1.165) is 25.7 Å². The molecule has 0 radical (unpaired) electrons. The summed E-state index contributed by atoms with van der Waals surface area (Å²) in [5, 5.41) is 19.8. The second kappa shape index (κ2) is 9.12. The maximum Gasteiger partial charge on any atom is 1.00 e. The van der Waals surface area contributed by atoms with Gasteiger partial charge in [-0.2, -0.15) is 0 Å². The Morgan fingerprint density at radius 1 is 1.23 bits per heavy atom. The molecule has 162 valence electrons. The summed E-state index contributed by atoms with van der Waals surface area (Å²) in [7, 11) is -5.04. The molecule has 0 bridgehead atoms. The van der Waals surface area contributed by atoms with E-state index < -0.39 is 16.1 Å². The third-order valence-corrected chi connectivity index (χ3v) is 7.55. The van der Waals surface area contributed by atoms with E-state index in [1.54, 1.807) is 6.07 Å². The number of allylic oxidation sites excluding steroid dienone is 2. The molecule has 1 saturated carbocycles. The summed E-state index contributed by atoms with van der Waals surface area (Å²) in [6.07, 6.45) is 5.83. The number of benzene rings is 1. The summed E-state index contributed by atoms with van der Waals surface area (Å²) in [5.41, 5.74) is 3.52. The molecule has 1 aromatic carbocycles. The number of rotatable bonds is 5. The largest absolute Gasteiger partial charge is 1.00 e. The van der Waals surface area contributed by atoms with Crippen molar-refractivity contribution in [2.75, 3.05) is 0 Å². The molecule has 0 spiro atoms. The van der Waals surface area contributed by atoms with E-state index >= 15 is 0 Å². The summed E-state index contributed by atoms with van der Waals surface area (Å²) < 4.78 is 38.3. The van der Waals surface area contributed by atoms with Crippen molar-refractivity contribution in [3.05, 3.63) is 34.4 Å². The van der Waals surface area contributed by atoms with Crippen LogP contribution < -0.4 is 33.7 Å². The second-order valence-corrected chi connectivity index (χ2v) is 10.5. The van der Waals surface area contributed by atoms with E-state index in [4.69, 9.17) is 0 Å². The van der Waals surface area contributed by atoms with Crippen LogP contribution in [0.1, 0.15) is 70.9 Å². The standard InChI is InChI=1S/C22H32O6S.Na/c1-14-6-7-19-21(2,3)8-5-9-22(19,4)17(14)12-16-10-15(13-23)11-18(24)20(16)28-29(25,26)27;/h10-11,19,23-24H,5-9,12-13H2,1-4H3,(H,25,26,27);/q;+1/p-1/t19?,22-;/m1./s1. The summed E-state index contributed by atoms with van der Waals surface area (Å²) in [6.45, 7) is 8.74. The van der Waals surface area contributed by atoms with Gasteiger partial charge in [0.25, 0.3) is 10.4 Å². The minimum atomic E-state index is -5.04. The maximum atomic E-state index is 11.2. The van der Waals surface area contributed by atoms with Gasteiger partial charge in [-0.15, -0.1) is 0 Å². The molecule has 1 aromatic rings. The van der Waals surface area contributed by atoms with Crippen LogP contribution in [0.15, 0.2) is 23.3 Å². The summed E-state index contributed by atoms with van der Waals surface area (Å²) >= 11 is 0. The predicted octanol–water partition coefficient (Wildman–Crippen LogP) is 1.21. The first kappa shape index (κ1) is 25.7. The zero-order chi connectivity index (χ0) is 21.6. The van der Waals surface area contributed by atoms with Gasteiger partial charge in [0.1, 0.15) is 0 Å². The van der Waals surface area contributed by atoms with Crippen LogP contribution in [0.25, 0.3) is 0 Å². The Morgan fingerprint density at radius 2 is 1.90 bits per heavy atom. The van der Waals surface area contributed by atoms with E-state index in [-0.39, 0.29) is 52.7 Å². The molecule has 2 aliphatic carbocycles. The van der Waals surface area contributed by atoms with Gasteiger partial charge in [-0.25, -0.2) is 8.42 Å². The quantitative estimate of drug-likeness (QED) is 0.305. The van der Waals surface area contributed by atoms with Crippen molar-refractivity contribution >= 4 is 10.4 Å². The number of aliphatic hydroxyl groups is 1. The summed E-state index contributed by atoms with van der Waals surface area (Å²) in [5.74, 6) is -0.284. The molecule has 0 heterocycles. The molecule has 2 N–H and O–H groups in total. The molecule has 6 nitrogen and oxygen atoms in total. The van der Waals surface area contributed by atoms with Crippen LogP contribution in [0, 0.1) is 16.7 Å². The van der Waals surface area contributed by atoms with Crippen molar-refractivity contribution in [1.29, 1.82) is 0 Å². The number of fused-ring (bicyclic) bond motifs is 1. The van der Waals surface area contributed by atoms with Gasteiger partial charge in [0.15, 0.2) is 11.5 Å². The molecule has 30 heavy (non-hydrogen) atoms. The van der Waals surface area contributed by atoms with E-state index in [0.29, 0.717) is 23.5 Å². The minimum Gasteiger partial charge on any atom is -0.716 e. The molecule has 0 saturated heterocycles. The fourth-order valence-corrected chi connectivity index (χ4v) is 6.29. The van der Waals surface area contributed by atoms with Crippen molar-refractivity contribution in [2.45, 2.75) is 72.8 Å². The second-order valence-electron chi connectivity index (χ2n) is 9.54. The fourth-order valence-electron chi connectivity index (χ4n) is 5.89. The first-order valence-electron chi connectivity index (χ1n) is 10.2.